The minimum absolute atomic E-state index is 0.00292. The van der Waals surface area contributed by atoms with Crippen molar-refractivity contribution in [2.75, 3.05) is 26.3 Å². The highest BCUT2D eigenvalue weighted by Gasteiger charge is 2.13. The molecule has 0 atom stereocenters. The summed E-state index contributed by atoms with van der Waals surface area (Å²) in [7, 11) is 0. The van der Waals surface area contributed by atoms with Crippen molar-refractivity contribution in [2.45, 2.75) is 34.3 Å². The maximum atomic E-state index is 13.9. The Morgan fingerprint density at radius 1 is 1.00 bits per heavy atom. The first-order valence-corrected chi connectivity index (χ1v) is 10.7. The maximum Gasteiger partial charge on any atom is 0.344 e. The zero-order chi connectivity index (χ0) is 23.5. The van der Waals surface area contributed by atoms with E-state index in [0.29, 0.717) is 30.2 Å². The second kappa shape index (κ2) is 12.5. The number of hydrogen-bond donors (Lipinski definition) is 0. The smallest absolute Gasteiger partial charge is 0.344 e. The van der Waals surface area contributed by atoms with Crippen molar-refractivity contribution in [1.82, 2.24) is 4.90 Å². The fourth-order valence-electron chi connectivity index (χ4n) is 2.99. The van der Waals surface area contributed by atoms with E-state index < -0.39 is 5.97 Å². The van der Waals surface area contributed by atoms with E-state index in [1.807, 2.05) is 20.8 Å². The van der Waals surface area contributed by atoms with Gasteiger partial charge in [0.05, 0.1) is 6.61 Å². The van der Waals surface area contributed by atoms with Crippen LogP contribution in [-0.2, 0) is 20.9 Å². The monoisotopic (exact) mass is 443 g/mol. The number of allylic oxidation sites excluding steroid dienone is 1. The van der Waals surface area contributed by atoms with Crippen LogP contribution >= 0.6 is 0 Å². The molecule has 0 spiro atoms. The number of carbonyl (C=O) groups is 2. The number of esters is 1. The number of halogens is 1. The lowest BCUT2D eigenvalue weighted by Crippen LogP contribution is -2.28. The van der Waals surface area contributed by atoms with Gasteiger partial charge in [0.15, 0.2) is 18.1 Å². The average Bonchev–Trinajstić information content (AvgIpc) is 2.78. The SMILES string of the molecule is CCOC(=O)COc1cc(C(C)=CC(=O)N(CC)CC)ccc1OCc1ccccc1F. The first-order chi connectivity index (χ1) is 15.4. The van der Waals surface area contributed by atoms with Gasteiger partial charge in [0.2, 0.25) is 5.91 Å². The molecule has 2 aromatic carbocycles. The highest BCUT2D eigenvalue weighted by Crippen LogP contribution is 2.32. The highest BCUT2D eigenvalue weighted by molar-refractivity contribution is 5.95. The Bertz CT molecular complexity index is 953. The van der Waals surface area contributed by atoms with Crippen LogP contribution in [0.2, 0.25) is 0 Å². The predicted octanol–water partition coefficient (Wildman–Crippen LogP) is 4.62. The van der Waals surface area contributed by atoms with Crippen molar-refractivity contribution in [3.63, 3.8) is 0 Å². The number of likely N-dealkylation sites (N-methyl/N-ethyl adjacent to an activating group) is 1. The first kappa shape index (κ1) is 24.9. The Hall–Kier alpha value is -3.35. The summed E-state index contributed by atoms with van der Waals surface area (Å²) in [5.41, 5.74) is 1.87. The molecular formula is C25H30FNO5. The normalized spacial score (nSPS) is 11.1. The molecule has 0 saturated heterocycles. The molecule has 1 amide bonds. The summed E-state index contributed by atoms with van der Waals surface area (Å²) >= 11 is 0. The molecule has 7 heteroatoms. The van der Waals surface area contributed by atoms with Gasteiger partial charge in [-0.2, -0.15) is 0 Å². The Morgan fingerprint density at radius 2 is 1.72 bits per heavy atom. The molecule has 2 rings (SSSR count). The third-order valence-corrected chi connectivity index (χ3v) is 4.81. The largest absolute Gasteiger partial charge is 0.485 e. The lowest BCUT2D eigenvalue weighted by atomic mass is 10.1. The van der Waals surface area contributed by atoms with E-state index in [9.17, 15) is 14.0 Å². The van der Waals surface area contributed by atoms with Crippen LogP contribution in [0.1, 0.15) is 38.8 Å². The number of rotatable bonds is 11. The van der Waals surface area contributed by atoms with Crippen molar-refractivity contribution in [2.24, 2.45) is 0 Å². The minimum atomic E-state index is -0.512. The number of amides is 1. The molecule has 0 aliphatic rings. The van der Waals surface area contributed by atoms with Gasteiger partial charge in [-0.1, -0.05) is 24.3 Å². The quantitative estimate of drug-likeness (QED) is 0.375. The predicted molar refractivity (Wildman–Crippen MR) is 121 cm³/mol. The number of benzene rings is 2. The molecule has 0 aromatic heterocycles. The Morgan fingerprint density at radius 3 is 2.38 bits per heavy atom. The zero-order valence-electron chi connectivity index (χ0n) is 19.0. The summed E-state index contributed by atoms with van der Waals surface area (Å²) in [4.78, 5) is 25.9. The molecule has 0 fully saturated rings. The van der Waals surface area contributed by atoms with Gasteiger partial charge >= 0.3 is 5.97 Å². The number of ether oxygens (including phenoxy) is 3. The molecular weight excluding hydrogens is 413 g/mol. The Kier molecular flexibility index (Phi) is 9.73. The Labute approximate surface area is 188 Å². The standard InChI is InChI=1S/C25H30FNO5/c1-5-27(6-2)24(28)14-18(4)19-12-13-22(23(15-19)32-17-25(29)30-7-3)31-16-20-10-8-9-11-21(20)26/h8-15H,5-7,16-17H2,1-4H3. The summed E-state index contributed by atoms with van der Waals surface area (Å²) in [5, 5.41) is 0. The van der Waals surface area contributed by atoms with Crippen LogP contribution in [0, 0.1) is 5.82 Å². The summed E-state index contributed by atoms with van der Waals surface area (Å²) < 4.78 is 30.3. The third kappa shape index (κ3) is 7.11. The van der Waals surface area contributed by atoms with Crippen LogP contribution < -0.4 is 9.47 Å². The topological polar surface area (TPSA) is 65.1 Å². The second-order valence-corrected chi connectivity index (χ2v) is 6.97. The fraction of sp³-hybridized carbons (Fsp3) is 0.360. The van der Waals surface area contributed by atoms with E-state index in [-0.39, 0.29) is 31.5 Å². The van der Waals surface area contributed by atoms with Crippen LogP contribution in [0.15, 0.2) is 48.5 Å². The number of hydrogen-bond acceptors (Lipinski definition) is 5. The number of carbonyl (C=O) groups excluding carboxylic acids is 2. The summed E-state index contributed by atoms with van der Waals surface area (Å²) in [5.74, 6) is -0.311. The third-order valence-electron chi connectivity index (χ3n) is 4.81. The van der Waals surface area contributed by atoms with Gasteiger partial charge < -0.3 is 19.1 Å². The van der Waals surface area contributed by atoms with Crippen LogP contribution in [0.25, 0.3) is 5.57 Å². The molecule has 0 aliphatic heterocycles. The van der Waals surface area contributed by atoms with E-state index in [4.69, 9.17) is 14.2 Å². The lowest BCUT2D eigenvalue weighted by Gasteiger charge is -2.17. The van der Waals surface area contributed by atoms with Crippen molar-refractivity contribution < 1.29 is 28.2 Å². The van der Waals surface area contributed by atoms with Gasteiger partial charge in [-0.15, -0.1) is 0 Å². The molecule has 2 aromatic rings. The zero-order valence-corrected chi connectivity index (χ0v) is 19.0. The van der Waals surface area contributed by atoms with Crippen molar-refractivity contribution in [1.29, 1.82) is 0 Å². The number of nitrogens with zero attached hydrogens (tertiary/aromatic N) is 1. The molecule has 172 valence electrons. The van der Waals surface area contributed by atoms with Gasteiger partial charge in [0.25, 0.3) is 0 Å². The van der Waals surface area contributed by atoms with Crippen molar-refractivity contribution >= 4 is 17.4 Å². The molecule has 32 heavy (non-hydrogen) atoms. The molecule has 0 radical (unpaired) electrons. The molecule has 0 bridgehead atoms. The van der Waals surface area contributed by atoms with E-state index in [0.717, 1.165) is 11.1 Å². The van der Waals surface area contributed by atoms with Gasteiger partial charge in [-0.25, -0.2) is 9.18 Å². The van der Waals surface area contributed by atoms with E-state index >= 15 is 0 Å². The summed E-state index contributed by atoms with van der Waals surface area (Å²) in [6, 6.07) is 11.5. The van der Waals surface area contributed by atoms with Crippen LogP contribution in [0.3, 0.4) is 0 Å². The van der Waals surface area contributed by atoms with Crippen LogP contribution in [0.5, 0.6) is 11.5 Å². The molecule has 0 N–H and O–H groups in total. The van der Waals surface area contributed by atoms with Gasteiger partial charge in [-0.05, 0) is 57.0 Å². The molecule has 0 saturated carbocycles. The molecule has 0 unspecified atom stereocenters. The van der Waals surface area contributed by atoms with E-state index in [1.165, 1.54) is 6.07 Å². The molecule has 6 nitrogen and oxygen atoms in total. The summed E-state index contributed by atoms with van der Waals surface area (Å²) in [6.45, 7) is 8.57. The van der Waals surface area contributed by atoms with E-state index in [2.05, 4.69) is 0 Å². The average molecular weight is 444 g/mol. The van der Waals surface area contributed by atoms with Crippen LogP contribution in [-0.4, -0.2) is 43.1 Å². The van der Waals surface area contributed by atoms with Crippen molar-refractivity contribution in [3.05, 3.63) is 65.5 Å². The Balaban J connectivity index is 2.27. The van der Waals surface area contributed by atoms with Gasteiger partial charge in [0.1, 0.15) is 12.4 Å². The summed E-state index contributed by atoms with van der Waals surface area (Å²) in [6.07, 6.45) is 1.57. The first-order valence-electron chi connectivity index (χ1n) is 10.7. The van der Waals surface area contributed by atoms with Gasteiger partial charge in [0, 0.05) is 24.7 Å². The highest BCUT2D eigenvalue weighted by atomic mass is 19.1. The van der Waals surface area contributed by atoms with Gasteiger partial charge in [-0.3, -0.25) is 4.79 Å². The molecule has 0 aliphatic carbocycles. The lowest BCUT2D eigenvalue weighted by molar-refractivity contribution is -0.145. The second-order valence-electron chi connectivity index (χ2n) is 6.97. The maximum absolute atomic E-state index is 13.9. The van der Waals surface area contributed by atoms with E-state index in [1.54, 1.807) is 54.3 Å². The van der Waals surface area contributed by atoms with Crippen LogP contribution in [0.4, 0.5) is 4.39 Å². The molecule has 0 heterocycles. The fourth-order valence-corrected chi connectivity index (χ4v) is 2.99. The minimum Gasteiger partial charge on any atom is -0.485 e. The van der Waals surface area contributed by atoms with Crippen molar-refractivity contribution in [3.8, 4) is 11.5 Å².